The van der Waals surface area contributed by atoms with Crippen molar-refractivity contribution in [2.24, 2.45) is 0 Å². The number of alkyl halides is 1. The van der Waals surface area contributed by atoms with Gasteiger partial charge in [0.1, 0.15) is 5.60 Å². The number of rotatable bonds is 2. The smallest absolute Gasteiger partial charge is 0.410 e. The van der Waals surface area contributed by atoms with E-state index in [4.69, 9.17) is 9.47 Å². The standard InChI is InChI=1S/C17H30BrNO3/c1-17(2,3)22-16(20)19-11-14(18)15(12-19)21-13-9-7-5-4-6-8-10-13/h13-15H,4-12H2,1-3H3. The van der Waals surface area contributed by atoms with E-state index in [1.165, 1.54) is 32.1 Å². The molecule has 128 valence electrons. The fraction of sp³-hybridized carbons (Fsp3) is 0.941. The van der Waals surface area contributed by atoms with Crippen molar-refractivity contribution in [1.29, 1.82) is 0 Å². The summed E-state index contributed by atoms with van der Waals surface area (Å²) in [6.07, 6.45) is 9.05. The molecule has 0 aromatic carbocycles. The van der Waals surface area contributed by atoms with Gasteiger partial charge >= 0.3 is 6.09 Å². The molecule has 4 nitrogen and oxygen atoms in total. The van der Waals surface area contributed by atoms with Crippen LogP contribution < -0.4 is 0 Å². The molecule has 0 bridgehead atoms. The maximum Gasteiger partial charge on any atom is 0.410 e. The average molecular weight is 376 g/mol. The first-order valence-electron chi connectivity index (χ1n) is 8.62. The molecule has 2 rings (SSSR count). The van der Waals surface area contributed by atoms with Crippen molar-refractivity contribution < 1.29 is 14.3 Å². The van der Waals surface area contributed by atoms with Crippen molar-refractivity contribution in [3.63, 3.8) is 0 Å². The van der Waals surface area contributed by atoms with Crippen LogP contribution in [-0.4, -0.2) is 46.7 Å². The summed E-state index contributed by atoms with van der Waals surface area (Å²) in [5.41, 5.74) is -0.447. The van der Waals surface area contributed by atoms with Crippen LogP contribution in [0.15, 0.2) is 0 Å². The van der Waals surface area contributed by atoms with E-state index in [2.05, 4.69) is 15.9 Å². The molecule has 2 unspecified atom stereocenters. The molecule has 0 N–H and O–H groups in total. The highest BCUT2D eigenvalue weighted by Crippen LogP contribution is 2.27. The lowest BCUT2D eigenvalue weighted by Crippen LogP contribution is -2.36. The number of hydrogen-bond donors (Lipinski definition) is 0. The Morgan fingerprint density at radius 3 is 2.23 bits per heavy atom. The minimum Gasteiger partial charge on any atom is -0.444 e. The molecule has 5 heteroatoms. The first kappa shape index (κ1) is 18.1. The Labute approximate surface area is 143 Å². The van der Waals surface area contributed by atoms with Crippen LogP contribution in [0.1, 0.15) is 65.7 Å². The van der Waals surface area contributed by atoms with Crippen LogP contribution in [0.4, 0.5) is 4.79 Å². The fourth-order valence-corrected chi connectivity index (χ4v) is 3.78. The number of hydrogen-bond acceptors (Lipinski definition) is 3. The second-order valence-corrected chi connectivity index (χ2v) is 8.72. The first-order valence-corrected chi connectivity index (χ1v) is 9.54. The molecule has 0 spiro atoms. The highest BCUT2D eigenvalue weighted by molar-refractivity contribution is 9.09. The molecule has 1 aliphatic heterocycles. The van der Waals surface area contributed by atoms with Crippen LogP contribution >= 0.6 is 15.9 Å². The van der Waals surface area contributed by atoms with Crippen LogP contribution in [0.5, 0.6) is 0 Å². The molecule has 1 amide bonds. The molecule has 0 aromatic rings. The lowest BCUT2D eigenvalue weighted by molar-refractivity contribution is -0.0195. The van der Waals surface area contributed by atoms with Gasteiger partial charge in [0.15, 0.2) is 0 Å². The van der Waals surface area contributed by atoms with Crippen LogP contribution in [0.3, 0.4) is 0 Å². The predicted octanol–water partition coefficient (Wildman–Crippen LogP) is 4.50. The van der Waals surface area contributed by atoms with E-state index in [0.29, 0.717) is 19.2 Å². The minimum absolute atomic E-state index is 0.0805. The van der Waals surface area contributed by atoms with Crippen molar-refractivity contribution >= 4 is 22.0 Å². The zero-order valence-electron chi connectivity index (χ0n) is 14.1. The lowest BCUT2D eigenvalue weighted by Gasteiger charge is -2.26. The Bertz CT molecular complexity index is 361. The third-order valence-electron chi connectivity index (χ3n) is 4.27. The molecule has 2 aliphatic rings. The molecule has 1 saturated heterocycles. The number of amides is 1. The summed E-state index contributed by atoms with van der Waals surface area (Å²) in [7, 11) is 0. The summed E-state index contributed by atoms with van der Waals surface area (Å²) in [6, 6.07) is 0. The van der Waals surface area contributed by atoms with Crippen molar-refractivity contribution in [2.45, 2.75) is 88.4 Å². The highest BCUT2D eigenvalue weighted by atomic mass is 79.9. The third-order valence-corrected chi connectivity index (χ3v) is 5.15. The van der Waals surface area contributed by atoms with Gasteiger partial charge in [0.25, 0.3) is 0 Å². The average Bonchev–Trinajstić information content (AvgIpc) is 2.72. The van der Waals surface area contributed by atoms with Gasteiger partial charge in [0.2, 0.25) is 0 Å². The predicted molar refractivity (Wildman–Crippen MR) is 91.5 cm³/mol. The monoisotopic (exact) mass is 375 g/mol. The molecular formula is C17H30BrNO3. The van der Waals surface area contributed by atoms with E-state index in [1.54, 1.807) is 4.90 Å². The van der Waals surface area contributed by atoms with Crippen molar-refractivity contribution in [2.75, 3.05) is 13.1 Å². The number of halogens is 1. The molecule has 2 fully saturated rings. The summed E-state index contributed by atoms with van der Waals surface area (Å²) in [6.45, 7) is 6.98. The SMILES string of the molecule is CC(C)(C)OC(=O)N1CC(Br)C(OC2CCCCCCC2)C1. The largest absolute Gasteiger partial charge is 0.444 e. The lowest BCUT2D eigenvalue weighted by atomic mass is 9.98. The van der Waals surface area contributed by atoms with Gasteiger partial charge < -0.3 is 14.4 Å². The Kier molecular flexibility index (Phi) is 6.57. The summed E-state index contributed by atoms with van der Waals surface area (Å²) in [5.74, 6) is 0. The topological polar surface area (TPSA) is 38.8 Å². The van der Waals surface area contributed by atoms with Gasteiger partial charge in [-0.1, -0.05) is 48.0 Å². The normalized spacial score (nSPS) is 28.3. The number of carbonyl (C=O) groups excluding carboxylic acids is 1. The quantitative estimate of drug-likeness (QED) is 0.666. The van der Waals surface area contributed by atoms with Gasteiger partial charge in [-0.3, -0.25) is 0 Å². The fourth-order valence-electron chi connectivity index (χ4n) is 3.14. The summed E-state index contributed by atoms with van der Waals surface area (Å²) < 4.78 is 11.8. The van der Waals surface area contributed by atoms with Gasteiger partial charge in [-0.05, 0) is 33.6 Å². The van der Waals surface area contributed by atoms with E-state index < -0.39 is 5.60 Å². The van der Waals surface area contributed by atoms with Gasteiger partial charge in [-0.25, -0.2) is 4.79 Å². The number of ether oxygens (including phenoxy) is 2. The zero-order valence-corrected chi connectivity index (χ0v) is 15.7. The number of nitrogens with zero attached hydrogens (tertiary/aromatic N) is 1. The second kappa shape index (κ2) is 8.00. The van der Waals surface area contributed by atoms with Gasteiger partial charge in [-0.2, -0.15) is 0 Å². The van der Waals surface area contributed by atoms with Crippen LogP contribution in [0, 0.1) is 0 Å². The Hall–Kier alpha value is -0.290. The van der Waals surface area contributed by atoms with E-state index in [-0.39, 0.29) is 17.0 Å². The van der Waals surface area contributed by atoms with Crippen LogP contribution in [-0.2, 0) is 9.47 Å². The Morgan fingerprint density at radius 2 is 1.64 bits per heavy atom. The first-order chi connectivity index (χ1) is 10.3. The maximum atomic E-state index is 12.2. The summed E-state index contributed by atoms with van der Waals surface area (Å²) >= 11 is 3.68. The third kappa shape index (κ3) is 5.73. The summed E-state index contributed by atoms with van der Waals surface area (Å²) in [5, 5.41) is 0. The molecule has 1 aliphatic carbocycles. The molecule has 0 radical (unpaired) electrons. The van der Waals surface area contributed by atoms with Gasteiger partial charge in [0, 0.05) is 6.54 Å². The molecule has 22 heavy (non-hydrogen) atoms. The minimum atomic E-state index is -0.447. The van der Waals surface area contributed by atoms with Crippen molar-refractivity contribution in [3.8, 4) is 0 Å². The zero-order chi connectivity index (χ0) is 16.2. The van der Waals surface area contributed by atoms with E-state index in [0.717, 1.165) is 12.8 Å². The van der Waals surface area contributed by atoms with E-state index >= 15 is 0 Å². The van der Waals surface area contributed by atoms with E-state index in [9.17, 15) is 4.79 Å². The number of carbonyl (C=O) groups is 1. The molecular weight excluding hydrogens is 346 g/mol. The highest BCUT2D eigenvalue weighted by Gasteiger charge is 2.37. The van der Waals surface area contributed by atoms with E-state index in [1.807, 2.05) is 20.8 Å². The Balaban J connectivity index is 1.83. The maximum absolute atomic E-state index is 12.2. The molecule has 1 heterocycles. The number of likely N-dealkylation sites (tertiary alicyclic amines) is 1. The molecule has 2 atom stereocenters. The molecule has 1 saturated carbocycles. The van der Waals surface area contributed by atoms with Gasteiger partial charge in [0.05, 0.1) is 23.6 Å². The van der Waals surface area contributed by atoms with Crippen molar-refractivity contribution in [1.82, 2.24) is 4.90 Å². The molecule has 0 aromatic heterocycles. The van der Waals surface area contributed by atoms with Gasteiger partial charge in [-0.15, -0.1) is 0 Å². The van der Waals surface area contributed by atoms with Crippen LogP contribution in [0.25, 0.3) is 0 Å². The summed E-state index contributed by atoms with van der Waals surface area (Å²) in [4.78, 5) is 14.1. The van der Waals surface area contributed by atoms with Crippen LogP contribution in [0.2, 0.25) is 0 Å². The second-order valence-electron chi connectivity index (χ2n) is 7.54. The van der Waals surface area contributed by atoms with Crippen molar-refractivity contribution in [3.05, 3.63) is 0 Å². The Morgan fingerprint density at radius 1 is 1.05 bits per heavy atom.